The molecule has 4 heteroatoms. The fourth-order valence-corrected chi connectivity index (χ4v) is 2.43. The zero-order chi connectivity index (χ0) is 14.2. The molecule has 0 saturated carbocycles. The van der Waals surface area contributed by atoms with E-state index in [4.69, 9.17) is 9.47 Å². The molecule has 20 heavy (non-hydrogen) atoms. The molecule has 1 aromatic rings. The van der Waals surface area contributed by atoms with Crippen LogP contribution in [-0.2, 0) is 0 Å². The number of hydrogen-bond donors (Lipinski definition) is 1. The van der Waals surface area contributed by atoms with Crippen molar-refractivity contribution in [2.24, 2.45) is 0 Å². The van der Waals surface area contributed by atoms with Gasteiger partial charge in [0.2, 0.25) is 0 Å². The second-order valence-corrected chi connectivity index (χ2v) is 5.36. The van der Waals surface area contributed by atoms with Gasteiger partial charge in [-0.1, -0.05) is 0 Å². The Kier molecular flexibility index (Phi) is 6.15. The minimum absolute atomic E-state index is 0.649. The molecule has 1 fully saturated rings. The third kappa shape index (κ3) is 5.02. The van der Waals surface area contributed by atoms with E-state index in [-0.39, 0.29) is 0 Å². The van der Waals surface area contributed by atoms with Gasteiger partial charge >= 0.3 is 0 Å². The molecule has 4 nitrogen and oxygen atoms in total. The van der Waals surface area contributed by atoms with Gasteiger partial charge in [0.05, 0.1) is 13.7 Å². The lowest BCUT2D eigenvalue weighted by Crippen LogP contribution is -2.30. The summed E-state index contributed by atoms with van der Waals surface area (Å²) in [5.41, 5.74) is 0. The van der Waals surface area contributed by atoms with Crippen molar-refractivity contribution in [1.82, 2.24) is 10.2 Å². The first-order valence-corrected chi connectivity index (χ1v) is 7.50. The van der Waals surface area contributed by atoms with E-state index in [1.165, 1.54) is 13.0 Å². The molecule has 1 aliphatic heterocycles. The van der Waals surface area contributed by atoms with Crippen LogP contribution in [0, 0.1) is 0 Å². The molecule has 0 spiro atoms. The van der Waals surface area contributed by atoms with E-state index >= 15 is 0 Å². The molecule has 112 valence electrons. The van der Waals surface area contributed by atoms with E-state index in [1.54, 1.807) is 7.11 Å². The van der Waals surface area contributed by atoms with E-state index in [1.807, 2.05) is 24.3 Å². The van der Waals surface area contributed by atoms with Crippen molar-refractivity contribution in [3.05, 3.63) is 24.3 Å². The highest BCUT2D eigenvalue weighted by atomic mass is 16.5. The quantitative estimate of drug-likeness (QED) is 0.809. The number of hydrogen-bond acceptors (Lipinski definition) is 4. The van der Waals surface area contributed by atoms with Crippen LogP contribution in [0.4, 0.5) is 0 Å². The Morgan fingerprint density at radius 3 is 2.70 bits per heavy atom. The summed E-state index contributed by atoms with van der Waals surface area (Å²) in [6, 6.07) is 8.41. The molecule has 1 N–H and O–H groups in total. The van der Waals surface area contributed by atoms with Crippen LogP contribution >= 0.6 is 0 Å². The van der Waals surface area contributed by atoms with Gasteiger partial charge in [-0.3, -0.25) is 0 Å². The third-order valence-electron chi connectivity index (χ3n) is 3.75. The second-order valence-electron chi connectivity index (χ2n) is 5.36. The van der Waals surface area contributed by atoms with Crippen LogP contribution in [0.3, 0.4) is 0 Å². The lowest BCUT2D eigenvalue weighted by molar-refractivity contribution is 0.243. The lowest BCUT2D eigenvalue weighted by atomic mass is 10.2. The van der Waals surface area contributed by atoms with Crippen molar-refractivity contribution in [1.29, 1.82) is 0 Å². The van der Waals surface area contributed by atoms with Crippen molar-refractivity contribution in [2.45, 2.75) is 25.8 Å². The van der Waals surface area contributed by atoms with Gasteiger partial charge in [-0.15, -0.1) is 0 Å². The van der Waals surface area contributed by atoms with E-state index in [2.05, 4.69) is 17.1 Å². The SMILES string of the molecule is COc1ccc(OCCCN2CCNC(C)CC2)cc1. The van der Waals surface area contributed by atoms with Crippen LogP contribution in [-0.4, -0.2) is 50.8 Å². The molecule has 0 bridgehead atoms. The molecule has 0 aliphatic carbocycles. The van der Waals surface area contributed by atoms with Crippen LogP contribution < -0.4 is 14.8 Å². The highest BCUT2D eigenvalue weighted by Crippen LogP contribution is 2.17. The van der Waals surface area contributed by atoms with Gasteiger partial charge in [-0.2, -0.15) is 0 Å². The molecule has 1 heterocycles. The summed E-state index contributed by atoms with van der Waals surface area (Å²) in [5.74, 6) is 1.78. The lowest BCUT2D eigenvalue weighted by Gasteiger charge is -2.19. The largest absolute Gasteiger partial charge is 0.497 e. The molecule has 1 aliphatic rings. The Bertz CT molecular complexity index is 381. The molecule has 0 radical (unpaired) electrons. The second kappa shape index (κ2) is 8.12. The maximum Gasteiger partial charge on any atom is 0.119 e. The third-order valence-corrected chi connectivity index (χ3v) is 3.75. The van der Waals surface area contributed by atoms with Crippen LogP contribution in [0.15, 0.2) is 24.3 Å². The first-order chi connectivity index (χ1) is 9.78. The average molecular weight is 278 g/mol. The van der Waals surface area contributed by atoms with Crippen LogP contribution in [0.25, 0.3) is 0 Å². The smallest absolute Gasteiger partial charge is 0.119 e. The Morgan fingerprint density at radius 1 is 1.20 bits per heavy atom. The van der Waals surface area contributed by atoms with E-state index < -0.39 is 0 Å². The number of nitrogens with one attached hydrogen (secondary N) is 1. The highest BCUT2D eigenvalue weighted by molar-refractivity contribution is 5.31. The topological polar surface area (TPSA) is 33.7 Å². The molecule has 1 atom stereocenters. The van der Waals surface area contributed by atoms with Gasteiger partial charge in [0.15, 0.2) is 0 Å². The minimum atomic E-state index is 0.649. The Hall–Kier alpha value is -1.26. The number of rotatable bonds is 6. The molecule has 0 aromatic heterocycles. The van der Waals surface area contributed by atoms with Crippen molar-refractivity contribution < 1.29 is 9.47 Å². The molecule has 1 aromatic carbocycles. The fourth-order valence-electron chi connectivity index (χ4n) is 2.43. The first-order valence-electron chi connectivity index (χ1n) is 7.50. The molecule has 1 saturated heterocycles. The van der Waals surface area contributed by atoms with Crippen molar-refractivity contribution in [3.8, 4) is 11.5 Å². The molecule has 2 rings (SSSR count). The summed E-state index contributed by atoms with van der Waals surface area (Å²) in [4.78, 5) is 2.52. The summed E-state index contributed by atoms with van der Waals surface area (Å²) in [5, 5.41) is 3.52. The zero-order valence-corrected chi connectivity index (χ0v) is 12.6. The van der Waals surface area contributed by atoms with Crippen LogP contribution in [0.5, 0.6) is 11.5 Å². The molecule has 0 amide bonds. The fraction of sp³-hybridized carbons (Fsp3) is 0.625. The summed E-state index contributed by atoms with van der Waals surface area (Å²) in [6.07, 6.45) is 2.31. The molecular formula is C16H26N2O2. The van der Waals surface area contributed by atoms with Crippen LogP contribution in [0.2, 0.25) is 0 Å². The summed E-state index contributed by atoms with van der Waals surface area (Å²) in [7, 11) is 1.67. The van der Waals surface area contributed by atoms with E-state index in [0.717, 1.165) is 44.2 Å². The Balaban J connectivity index is 1.63. The Morgan fingerprint density at radius 2 is 1.95 bits per heavy atom. The van der Waals surface area contributed by atoms with E-state index in [0.29, 0.717) is 6.04 Å². The number of nitrogens with zero attached hydrogens (tertiary/aromatic N) is 1. The van der Waals surface area contributed by atoms with Gasteiger partial charge in [0.25, 0.3) is 0 Å². The van der Waals surface area contributed by atoms with Gasteiger partial charge < -0.3 is 19.7 Å². The average Bonchev–Trinajstić information content (AvgIpc) is 2.69. The van der Waals surface area contributed by atoms with Gasteiger partial charge in [0, 0.05) is 25.7 Å². The van der Waals surface area contributed by atoms with Gasteiger partial charge in [-0.25, -0.2) is 0 Å². The maximum atomic E-state index is 5.75. The number of ether oxygens (including phenoxy) is 2. The molecular weight excluding hydrogens is 252 g/mol. The Labute approximate surface area is 122 Å². The zero-order valence-electron chi connectivity index (χ0n) is 12.6. The number of methoxy groups -OCH3 is 1. The van der Waals surface area contributed by atoms with E-state index in [9.17, 15) is 0 Å². The normalized spacial score (nSPS) is 20.4. The first kappa shape index (κ1) is 15.1. The standard InChI is InChI=1S/C16H26N2O2/c1-14-8-11-18(12-9-17-14)10-3-13-20-16-6-4-15(19-2)5-7-16/h4-7,14,17H,3,8-13H2,1-2H3. The minimum Gasteiger partial charge on any atom is -0.497 e. The monoisotopic (exact) mass is 278 g/mol. The number of benzene rings is 1. The highest BCUT2D eigenvalue weighted by Gasteiger charge is 2.12. The van der Waals surface area contributed by atoms with Gasteiger partial charge in [0.1, 0.15) is 11.5 Å². The van der Waals surface area contributed by atoms with Crippen molar-refractivity contribution >= 4 is 0 Å². The van der Waals surface area contributed by atoms with Crippen molar-refractivity contribution in [3.63, 3.8) is 0 Å². The summed E-state index contributed by atoms with van der Waals surface area (Å²) < 4.78 is 10.9. The summed E-state index contributed by atoms with van der Waals surface area (Å²) >= 11 is 0. The van der Waals surface area contributed by atoms with Crippen molar-refractivity contribution in [2.75, 3.05) is 39.9 Å². The predicted octanol–water partition coefficient (Wildman–Crippen LogP) is 2.15. The molecule has 1 unspecified atom stereocenters. The van der Waals surface area contributed by atoms with Gasteiger partial charge in [-0.05, 0) is 50.6 Å². The maximum absolute atomic E-state index is 5.75. The van der Waals surface area contributed by atoms with Crippen LogP contribution in [0.1, 0.15) is 19.8 Å². The summed E-state index contributed by atoms with van der Waals surface area (Å²) in [6.45, 7) is 7.58. The predicted molar refractivity (Wildman–Crippen MR) is 81.6 cm³/mol.